The number of aliphatic carboxylic acids is 1. The molecule has 31 heavy (non-hydrogen) atoms. The van der Waals surface area contributed by atoms with E-state index in [4.69, 9.17) is 33.2 Å². The van der Waals surface area contributed by atoms with Crippen LogP contribution in [0.4, 0.5) is 0 Å². The molecule has 0 unspecified atom stereocenters. The molecule has 0 atom stereocenters. The fourth-order valence-electron chi connectivity index (χ4n) is 2.00. The molecule has 0 saturated carbocycles. The molecular weight excluding hydrogens is 416 g/mol. The summed E-state index contributed by atoms with van der Waals surface area (Å²) in [5, 5.41) is 8.45. The zero-order valence-electron chi connectivity index (χ0n) is 17.6. The van der Waals surface area contributed by atoms with Gasteiger partial charge in [-0.2, -0.15) is 0 Å². The minimum Gasteiger partial charge on any atom is -0.481 e. The highest BCUT2D eigenvalue weighted by atomic mass is 16.6. The molecule has 0 bridgehead atoms. The first kappa shape index (κ1) is 26.1. The topological polar surface area (TPSA) is 148 Å². The van der Waals surface area contributed by atoms with E-state index in [0.29, 0.717) is 12.5 Å². The Bertz CT molecular complexity index is 708. The maximum atomic E-state index is 11.9. The normalized spacial score (nSPS) is 10.7. The fourth-order valence-corrected chi connectivity index (χ4v) is 2.00. The van der Waals surface area contributed by atoms with Crippen molar-refractivity contribution in [2.75, 3.05) is 46.2 Å². The Labute approximate surface area is 179 Å². The van der Waals surface area contributed by atoms with E-state index in [-0.39, 0.29) is 64.0 Å². The van der Waals surface area contributed by atoms with E-state index in [1.165, 1.54) is 12.1 Å². The molecule has 0 amide bonds. The Balaban J connectivity index is 2.14. The highest BCUT2D eigenvalue weighted by molar-refractivity contribution is 5.90. The monoisotopic (exact) mass is 444 g/mol. The third-order valence-corrected chi connectivity index (χ3v) is 3.41. The summed E-state index contributed by atoms with van der Waals surface area (Å²) in [7, 11) is 0. The molecule has 1 aromatic heterocycles. The summed E-state index contributed by atoms with van der Waals surface area (Å²) in [5.74, 6) is -3.11. The lowest BCUT2D eigenvalue weighted by Gasteiger charge is -2.07. The minimum absolute atomic E-state index is 0.0431. The number of hydrogen-bond acceptors (Lipinski definition) is 10. The van der Waals surface area contributed by atoms with Crippen LogP contribution in [-0.4, -0.2) is 75.2 Å². The van der Waals surface area contributed by atoms with Gasteiger partial charge in [-0.15, -0.1) is 0 Å². The van der Waals surface area contributed by atoms with Crippen LogP contribution in [0.25, 0.3) is 0 Å². The van der Waals surface area contributed by atoms with Crippen molar-refractivity contribution in [3.05, 3.63) is 23.7 Å². The van der Waals surface area contributed by atoms with Crippen molar-refractivity contribution in [1.29, 1.82) is 0 Å². The molecule has 0 aliphatic heterocycles. The van der Waals surface area contributed by atoms with Gasteiger partial charge in [0, 0.05) is 6.61 Å². The van der Waals surface area contributed by atoms with Gasteiger partial charge in [-0.05, 0) is 18.1 Å². The van der Waals surface area contributed by atoms with Crippen LogP contribution >= 0.6 is 0 Å². The van der Waals surface area contributed by atoms with E-state index in [1.54, 1.807) is 0 Å². The Hall–Kier alpha value is -2.92. The van der Waals surface area contributed by atoms with Gasteiger partial charge in [-0.3, -0.25) is 9.59 Å². The van der Waals surface area contributed by atoms with Crippen LogP contribution in [-0.2, 0) is 33.3 Å². The summed E-state index contributed by atoms with van der Waals surface area (Å²) < 4.78 is 30.3. The second kappa shape index (κ2) is 15.0. The second-order valence-corrected chi connectivity index (χ2v) is 6.63. The van der Waals surface area contributed by atoms with Crippen molar-refractivity contribution >= 4 is 23.9 Å². The zero-order chi connectivity index (χ0) is 23.1. The molecule has 0 aliphatic carbocycles. The minimum atomic E-state index is -1.08. The molecule has 0 fully saturated rings. The Morgan fingerprint density at radius 3 is 1.84 bits per heavy atom. The number of furan rings is 1. The van der Waals surface area contributed by atoms with Gasteiger partial charge in [0.25, 0.3) is 0 Å². The molecule has 0 aromatic carbocycles. The number of carbonyl (C=O) groups is 4. The van der Waals surface area contributed by atoms with E-state index in [2.05, 4.69) is 0 Å². The lowest BCUT2D eigenvalue weighted by atomic mass is 10.2. The van der Waals surface area contributed by atoms with Crippen molar-refractivity contribution in [1.82, 2.24) is 0 Å². The van der Waals surface area contributed by atoms with Crippen LogP contribution < -0.4 is 0 Å². The van der Waals surface area contributed by atoms with Gasteiger partial charge >= 0.3 is 23.9 Å². The summed E-state index contributed by atoms with van der Waals surface area (Å²) in [6.07, 6.45) is -0.508. The van der Waals surface area contributed by atoms with E-state index >= 15 is 0 Å². The quantitative estimate of drug-likeness (QED) is 0.225. The maximum Gasteiger partial charge on any atom is 0.374 e. The molecule has 0 aliphatic rings. The van der Waals surface area contributed by atoms with E-state index < -0.39 is 23.9 Å². The third-order valence-electron chi connectivity index (χ3n) is 3.41. The molecule has 11 heteroatoms. The van der Waals surface area contributed by atoms with E-state index in [1.807, 2.05) is 13.8 Å². The first-order valence-corrected chi connectivity index (χ1v) is 9.76. The highest BCUT2D eigenvalue weighted by Gasteiger charge is 2.18. The number of ether oxygens (including phenoxy) is 5. The predicted molar refractivity (Wildman–Crippen MR) is 104 cm³/mol. The summed E-state index contributed by atoms with van der Waals surface area (Å²) >= 11 is 0. The Morgan fingerprint density at radius 1 is 0.806 bits per heavy atom. The number of carboxylic acid groups (broad SMARTS) is 1. The second-order valence-electron chi connectivity index (χ2n) is 6.63. The first-order chi connectivity index (χ1) is 14.8. The summed E-state index contributed by atoms with van der Waals surface area (Å²) in [6, 6.07) is 2.61. The first-order valence-electron chi connectivity index (χ1n) is 9.76. The molecule has 11 nitrogen and oxygen atoms in total. The largest absolute Gasteiger partial charge is 0.481 e. The molecule has 1 heterocycles. The van der Waals surface area contributed by atoms with Gasteiger partial charge in [0.05, 0.1) is 32.7 Å². The fraction of sp³-hybridized carbons (Fsp3) is 0.600. The van der Waals surface area contributed by atoms with E-state index in [9.17, 15) is 19.2 Å². The van der Waals surface area contributed by atoms with Gasteiger partial charge in [0.1, 0.15) is 19.8 Å². The summed E-state index contributed by atoms with van der Waals surface area (Å²) in [5.41, 5.74) is 0. The van der Waals surface area contributed by atoms with Crippen LogP contribution in [0.3, 0.4) is 0 Å². The third kappa shape index (κ3) is 12.4. The SMILES string of the molecule is CC(C)COCCOC(=O)c1ccc(C(=O)OCCOCCOC(=O)CCC(=O)O)o1. The number of esters is 3. The molecule has 0 radical (unpaired) electrons. The van der Waals surface area contributed by atoms with Gasteiger partial charge in [-0.25, -0.2) is 9.59 Å². The van der Waals surface area contributed by atoms with Crippen molar-refractivity contribution in [3.8, 4) is 0 Å². The van der Waals surface area contributed by atoms with Crippen LogP contribution in [0.15, 0.2) is 16.5 Å². The van der Waals surface area contributed by atoms with Crippen molar-refractivity contribution in [2.45, 2.75) is 26.7 Å². The molecule has 1 aromatic rings. The standard InChI is InChI=1S/C20H28O11/c1-14(2)13-27-9-12-30-20(25)16-4-3-15(31-16)19(24)29-11-8-26-7-10-28-18(23)6-5-17(21)22/h3-4,14H,5-13H2,1-2H3,(H,21,22). The molecule has 0 spiro atoms. The van der Waals surface area contributed by atoms with E-state index in [0.717, 1.165) is 0 Å². The van der Waals surface area contributed by atoms with Gasteiger partial charge < -0.3 is 33.2 Å². The van der Waals surface area contributed by atoms with Gasteiger partial charge in [0.15, 0.2) is 0 Å². The maximum absolute atomic E-state index is 11.9. The van der Waals surface area contributed by atoms with Crippen LogP contribution in [0, 0.1) is 5.92 Å². The average Bonchev–Trinajstić information content (AvgIpc) is 3.21. The molecule has 1 rings (SSSR count). The molecule has 174 valence electrons. The summed E-state index contributed by atoms with van der Waals surface area (Å²) in [4.78, 5) is 45.2. The van der Waals surface area contributed by atoms with Crippen molar-refractivity contribution < 1.29 is 52.4 Å². The number of hydrogen-bond donors (Lipinski definition) is 1. The number of carboxylic acids is 1. The van der Waals surface area contributed by atoms with Crippen LogP contribution in [0.2, 0.25) is 0 Å². The summed E-state index contributed by atoms with van der Waals surface area (Å²) in [6.45, 7) is 4.89. The lowest BCUT2D eigenvalue weighted by Crippen LogP contribution is -2.15. The van der Waals surface area contributed by atoms with Crippen LogP contribution in [0.5, 0.6) is 0 Å². The van der Waals surface area contributed by atoms with Crippen molar-refractivity contribution in [3.63, 3.8) is 0 Å². The molecule has 0 saturated heterocycles. The van der Waals surface area contributed by atoms with Gasteiger partial charge in [-0.1, -0.05) is 13.8 Å². The lowest BCUT2D eigenvalue weighted by molar-refractivity contribution is -0.148. The smallest absolute Gasteiger partial charge is 0.374 e. The number of carbonyl (C=O) groups excluding carboxylic acids is 3. The average molecular weight is 444 g/mol. The number of rotatable bonds is 16. The Kier molecular flexibility index (Phi) is 12.6. The molecular formula is C20H28O11. The van der Waals surface area contributed by atoms with Gasteiger partial charge in [0.2, 0.25) is 11.5 Å². The predicted octanol–water partition coefficient (Wildman–Crippen LogP) is 1.69. The highest BCUT2D eigenvalue weighted by Crippen LogP contribution is 2.10. The molecule has 1 N–H and O–H groups in total. The van der Waals surface area contributed by atoms with Crippen LogP contribution in [0.1, 0.15) is 47.8 Å². The van der Waals surface area contributed by atoms with Crippen molar-refractivity contribution in [2.24, 2.45) is 5.92 Å². The zero-order valence-corrected chi connectivity index (χ0v) is 17.6. The Morgan fingerprint density at radius 2 is 1.32 bits per heavy atom.